The zero-order valence-corrected chi connectivity index (χ0v) is 12.0. The monoisotopic (exact) mass is 283 g/mol. The van der Waals surface area contributed by atoms with Crippen molar-refractivity contribution in [2.75, 3.05) is 27.4 Å². The summed E-state index contributed by atoms with van der Waals surface area (Å²) < 4.78 is 15.5. The third-order valence-corrected chi connectivity index (χ3v) is 2.72. The van der Waals surface area contributed by atoms with Gasteiger partial charge in [0.25, 0.3) is 5.91 Å². The third-order valence-electron chi connectivity index (χ3n) is 2.72. The number of nitrogens with one attached hydrogen (secondary N) is 1. The highest BCUT2D eigenvalue weighted by molar-refractivity contribution is 5.80. The summed E-state index contributed by atoms with van der Waals surface area (Å²) >= 11 is 0. The van der Waals surface area contributed by atoms with Gasteiger partial charge in [0.15, 0.2) is 6.10 Å². The molecule has 0 heterocycles. The molecule has 0 aliphatic heterocycles. The molecule has 1 atom stereocenters. The minimum atomic E-state index is -0.677. The number of carbonyl (C=O) groups is 1. The molecule has 2 N–H and O–H groups in total. The smallest absolute Gasteiger partial charge is 0.260 e. The first-order valence-electron chi connectivity index (χ1n) is 6.33. The Labute approximate surface area is 118 Å². The van der Waals surface area contributed by atoms with E-state index in [1.165, 1.54) is 0 Å². The molecule has 20 heavy (non-hydrogen) atoms. The summed E-state index contributed by atoms with van der Waals surface area (Å²) in [4.78, 5) is 11.8. The Morgan fingerprint density at radius 3 is 2.75 bits per heavy atom. The van der Waals surface area contributed by atoms with Crippen molar-refractivity contribution >= 4 is 5.91 Å². The molecule has 0 bridgehead atoms. The number of aliphatic hydroxyl groups is 1. The molecule has 0 radical (unpaired) electrons. The van der Waals surface area contributed by atoms with Crippen LogP contribution in [-0.2, 0) is 16.1 Å². The average molecular weight is 283 g/mol. The Kier molecular flexibility index (Phi) is 6.83. The van der Waals surface area contributed by atoms with Gasteiger partial charge >= 0.3 is 0 Å². The second kappa shape index (κ2) is 8.39. The third kappa shape index (κ3) is 4.71. The van der Waals surface area contributed by atoms with Gasteiger partial charge in [-0.3, -0.25) is 4.79 Å². The van der Waals surface area contributed by atoms with Gasteiger partial charge in [-0.2, -0.15) is 0 Å². The molecule has 1 aromatic carbocycles. The van der Waals surface area contributed by atoms with Crippen LogP contribution in [-0.4, -0.2) is 44.5 Å². The fraction of sp³-hybridized carbons (Fsp3) is 0.500. The number of rotatable bonds is 8. The molecule has 0 aromatic heterocycles. The van der Waals surface area contributed by atoms with Gasteiger partial charge in [0.1, 0.15) is 11.5 Å². The van der Waals surface area contributed by atoms with E-state index in [1.54, 1.807) is 39.3 Å². The van der Waals surface area contributed by atoms with Crippen molar-refractivity contribution < 1.29 is 24.1 Å². The van der Waals surface area contributed by atoms with Crippen LogP contribution in [0.5, 0.6) is 11.5 Å². The van der Waals surface area contributed by atoms with E-state index in [-0.39, 0.29) is 12.5 Å². The molecule has 0 saturated carbocycles. The summed E-state index contributed by atoms with van der Waals surface area (Å²) in [6.07, 6.45) is -0.677. The first kappa shape index (κ1) is 16.3. The SMILES string of the molecule is COCCNC(=O)C(C)Oc1cc(OC)ccc1CO. The van der Waals surface area contributed by atoms with Crippen molar-refractivity contribution in [3.05, 3.63) is 23.8 Å². The van der Waals surface area contributed by atoms with Crippen LogP contribution < -0.4 is 14.8 Å². The highest BCUT2D eigenvalue weighted by Crippen LogP contribution is 2.25. The van der Waals surface area contributed by atoms with E-state index in [9.17, 15) is 9.90 Å². The van der Waals surface area contributed by atoms with Gasteiger partial charge in [-0.15, -0.1) is 0 Å². The van der Waals surface area contributed by atoms with Gasteiger partial charge in [-0.25, -0.2) is 0 Å². The van der Waals surface area contributed by atoms with Crippen LogP contribution >= 0.6 is 0 Å². The molecule has 0 aliphatic rings. The zero-order valence-electron chi connectivity index (χ0n) is 12.0. The van der Waals surface area contributed by atoms with Gasteiger partial charge in [0.05, 0.1) is 20.3 Å². The van der Waals surface area contributed by atoms with Crippen LogP contribution in [0.15, 0.2) is 18.2 Å². The molecule has 6 heteroatoms. The lowest BCUT2D eigenvalue weighted by Gasteiger charge is -2.17. The number of carbonyl (C=O) groups excluding carboxylic acids is 1. The van der Waals surface area contributed by atoms with Crippen LogP contribution in [0.4, 0.5) is 0 Å². The minimum absolute atomic E-state index is 0.169. The van der Waals surface area contributed by atoms with Crippen LogP contribution in [0.2, 0.25) is 0 Å². The first-order chi connectivity index (χ1) is 9.62. The van der Waals surface area contributed by atoms with E-state index in [4.69, 9.17) is 14.2 Å². The van der Waals surface area contributed by atoms with Crippen molar-refractivity contribution in [3.63, 3.8) is 0 Å². The molecule has 1 aromatic rings. The summed E-state index contributed by atoms with van der Waals surface area (Å²) in [7, 11) is 3.11. The number of benzene rings is 1. The van der Waals surface area contributed by atoms with Gasteiger partial charge < -0.3 is 24.6 Å². The Balaban J connectivity index is 2.68. The van der Waals surface area contributed by atoms with Crippen LogP contribution in [0.3, 0.4) is 0 Å². The molecule has 0 spiro atoms. The Morgan fingerprint density at radius 2 is 2.15 bits per heavy atom. The standard InChI is InChI=1S/C14H21NO5/c1-10(14(17)15-6-7-18-2)20-13-8-12(19-3)5-4-11(13)9-16/h4-5,8,10,16H,6-7,9H2,1-3H3,(H,15,17). The maximum atomic E-state index is 11.8. The number of hydrogen-bond donors (Lipinski definition) is 2. The fourth-order valence-electron chi connectivity index (χ4n) is 1.57. The molecule has 1 rings (SSSR count). The van der Waals surface area contributed by atoms with E-state index < -0.39 is 6.10 Å². The van der Waals surface area contributed by atoms with Crippen molar-refractivity contribution in [2.45, 2.75) is 19.6 Å². The lowest BCUT2D eigenvalue weighted by atomic mass is 10.2. The first-order valence-corrected chi connectivity index (χ1v) is 6.33. The number of aliphatic hydroxyl groups excluding tert-OH is 1. The minimum Gasteiger partial charge on any atom is -0.497 e. The normalized spacial score (nSPS) is 11.8. The summed E-state index contributed by atoms with van der Waals surface area (Å²) in [5.74, 6) is 0.791. The zero-order chi connectivity index (χ0) is 15.0. The second-order valence-corrected chi connectivity index (χ2v) is 4.18. The molecule has 0 aliphatic carbocycles. The maximum Gasteiger partial charge on any atom is 0.260 e. The van der Waals surface area contributed by atoms with E-state index in [1.807, 2.05) is 0 Å². The Hall–Kier alpha value is -1.79. The average Bonchev–Trinajstić information content (AvgIpc) is 2.47. The predicted molar refractivity (Wildman–Crippen MR) is 73.9 cm³/mol. The van der Waals surface area contributed by atoms with E-state index in [0.717, 1.165) is 0 Å². The van der Waals surface area contributed by atoms with Crippen molar-refractivity contribution in [1.82, 2.24) is 5.32 Å². The molecule has 1 amide bonds. The van der Waals surface area contributed by atoms with E-state index in [2.05, 4.69) is 5.32 Å². The van der Waals surface area contributed by atoms with Gasteiger partial charge in [-0.05, 0) is 19.1 Å². The van der Waals surface area contributed by atoms with E-state index in [0.29, 0.717) is 30.2 Å². The van der Waals surface area contributed by atoms with Crippen molar-refractivity contribution in [1.29, 1.82) is 0 Å². The van der Waals surface area contributed by atoms with Crippen molar-refractivity contribution in [2.24, 2.45) is 0 Å². The predicted octanol–water partition coefficient (Wildman–Crippen LogP) is 0.717. The summed E-state index contributed by atoms with van der Waals surface area (Å²) in [6.45, 7) is 2.34. The highest BCUT2D eigenvalue weighted by atomic mass is 16.5. The molecule has 6 nitrogen and oxygen atoms in total. The number of ether oxygens (including phenoxy) is 3. The van der Waals surface area contributed by atoms with E-state index >= 15 is 0 Å². The topological polar surface area (TPSA) is 77.0 Å². The maximum absolute atomic E-state index is 11.8. The van der Waals surface area contributed by atoms with Crippen LogP contribution in [0.1, 0.15) is 12.5 Å². The van der Waals surface area contributed by atoms with Crippen LogP contribution in [0, 0.1) is 0 Å². The quantitative estimate of drug-likeness (QED) is 0.687. The van der Waals surface area contributed by atoms with Gasteiger partial charge in [0.2, 0.25) is 0 Å². The number of hydrogen-bond acceptors (Lipinski definition) is 5. The molecule has 0 saturated heterocycles. The fourth-order valence-corrected chi connectivity index (χ4v) is 1.57. The Bertz CT molecular complexity index is 436. The molecular weight excluding hydrogens is 262 g/mol. The van der Waals surface area contributed by atoms with Gasteiger partial charge in [-0.1, -0.05) is 0 Å². The molecule has 112 valence electrons. The van der Waals surface area contributed by atoms with Crippen LogP contribution in [0.25, 0.3) is 0 Å². The molecular formula is C14H21NO5. The number of amides is 1. The second-order valence-electron chi connectivity index (χ2n) is 4.18. The molecule has 1 unspecified atom stereocenters. The lowest BCUT2D eigenvalue weighted by molar-refractivity contribution is -0.127. The Morgan fingerprint density at radius 1 is 1.40 bits per heavy atom. The largest absolute Gasteiger partial charge is 0.497 e. The summed E-state index contributed by atoms with van der Waals surface area (Å²) in [5, 5.41) is 12.0. The summed E-state index contributed by atoms with van der Waals surface area (Å²) in [6, 6.07) is 5.07. The van der Waals surface area contributed by atoms with Gasteiger partial charge in [0, 0.05) is 25.3 Å². The highest BCUT2D eigenvalue weighted by Gasteiger charge is 2.16. The lowest BCUT2D eigenvalue weighted by Crippen LogP contribution is -2.38. The summed E-state index contributed by atoms with van der Waals surface area (Å²) in [5.41, 5.74) is 0.599. The molecule has 0 fully saturated rings. The van der Waals surface area contributed by atoms with Crippen molar-refractivity contribution in [3.8, 4) is 11.5 Å². The number of methoxy groups -OCH3 is 2.